The summed E-state index contributed by atoms with van der Waals surface area (Å²) in [7, 11) is 0. The maximum absolute atomic E-state index is 13.2. The first-order chi connectivity index (χ1) is 15.2. The molecule has 8 nitrogen and oxygen atoms in total. The van der Waals surface area contributed by atoms with Crippen LogP contribution in [0.2, 0.25) is 0 Å². The van der Waals surface area contributed by atoms with E-state index >= 15 is 0 Å². The Bertz CT molecular complexity index is 811. The summed E-state index contributed by atoms with van der Waals surface area (Å²) < 4.78 is 5.74. The zero-order valence-electron chi connectivity index (χ0n) is 18.2. The van der Waals surface area contributed by atoms with E-state index in [0.29, 0.717) is 29.7 Å². The highest BCUT2D eigenvalue weighted by Crippen LogP contribution is 2.31. The van der Waals surface area contributed by atoms with Crippen LogP contribution in [0.1, 0.15) is 55.3 Å². The van der Waals surface area contributed by atoms with Gasteiger partial charge in [-0.15, -0.1) is 0 Å². The predicted octanol–water partition coefficient (Wildman–Crippen LogP) is 2.11. The molecule has 4 aliphatic rings. The van der Waals surface area contributed by atoms with E-state index in [-0.39, 0.29) is 24.5 Å². The lowest BCUT2D eigenvalue weighted by molar-refractivity contribution is -0.117. The molecule has 0 spiro atoms. The molecule has 5 heterocycles. The van der Waals surface area contributed by atoms with Gasteiger partial charge in [0.05, 0.1) is 30.4 Å². The molecule has 0 aromatic carbocycles. The molecular weight excluding hydrogens is 394 g/mol. The Morgan fingerprint density at radius 2 is 1.90 bits per heavy atom. The summed E-state index contributed by atoms with van der Waals surface area (Å²) in [4.78, 5) is 36.6. The number of hydrogen-bond acceptors (Lipinski definition) is 6. The Morgan fingerprint density at radius 1 is 1.10 bits per heavy atom. The number of fused-ring (bicyclic) bond motifs is 1. The molecule has 1 aromatic rings. The fourth-order valence-electron chi connectivity index (χ4n) is 5.39. The van der Waals surface area contributed by atoms with E-state index in [4.69, 9.17) is 4.74 Å². The first-order valence-corrected chi connectivity index (χ1v) is 11.9. The maximum atomic E-state index is 13.2. The number of nitrogens with zero attached hydrogens (tertiary/aromatic N) is 4. The van der Waals surface area contributed by atoms with Crippen LogP contribution in [0, 0.1) is 0 Å². The number of likely N-dealkylation sites (tertiary alicyclic amines) is 2. The highest BCUT2D eigenvalue weighted by Gasteiger charge is 2.32. The minimum Gasteiger partial charge on any atom is -0.376 e. The molecule has 2 amide bonds. The lowest BCUT2D eigenvalue weighted by atomic mass is 9.99. The van der Waals surface area contributed by atoms with Crippen molar-refractivity contribution in [2.24, 2.45) is 0 Å². The molecule has 1 atom stereocenters. The van der Waals surface area contributed by atoms with Gasteiger partial charge in [-0.1, -0.05) is 6.42 Å². The third-order valence-corrected chi connectivity index (χ3v) is 7.18. The molecule has 31 heavy (non-hydrogen) atoms. The normalized spacial score (nSPS) is 25.4. The highest BCUT2D eigenvalue weighted by molar-refractivity contribution is 6.04. The van der Waals surface area contributed by atoms with Crippen molar-refractivity contribution in [2.75, 3.05) is 56.1 Å². The molecule has 1 N–H and O–H groups in total. The van der Waals surface area contributed by atoms with Crippen LogP contribution in [0.4, 0.5) is 11.5 Å². The average molecular weight is 428 g/mol. The fraction of sp³-hybridized carbons (Fsp3) is 0.696. The third kappa shape index (κ3) is 4.41. The number of ether oxygens (including phenoxy) is 1. The van der Waals surface area contributed by atoms with Gasteiger partial charge in [0.25, 0.3) is 5.91 Å². The summed E-state index contributed by atoms with van der Waals surface area (Å²) in [6.45, 7) is 5.48. The fourth-order valence-corrected chi connectivity index (χ4v) is 5.39. The summed E-state index contributed by atoms with van der Waals surface area (Å²) in [5.41, 5.74) is 1.25. The standard InChI is InChI=1S/C23H33N5O3/c29-21-15-25-22-20(28(21)16-19-5-4-12-31-19)13-17(14-24-22)23(30)27-10-6-18(7-11-27)26-8-2-1-3-9-26/h13-14,18-19H,1-12,15-16H2,(H,24,25). The van der Waals surface area contributed by atoms with E-state index in [0.717, 1.165) is 45.4 Å². The Morgan fingerprint density at radius 3 is 2.65 bits per heavy atom. The van der Waals surface area contributed by atoms with Gasteiger partial charge in [0.2, 0.25) is 5.91 Å². The second kappa shape index (κ2) is 9.12. The minimum absolute atomic E-state index is 0.00301. The zero-order chi connectivity index (χ0) is 21.2. The monoisotopic (exact) mass is 427 g/mol. The van der Waals surface area contributed by atoms with Gasteiger partial charge in [0, 0.05) is 31.9 Å². The van der Waals surface area contributed by atoms with Crippen molar-refractivity contribution in [1.82, 2.24) is 14.8 Å². The van der Waals surface area contributed by atoms with E-state index in [2.05, 4.69) is 15.2 Å². The van der Waals surface area contributed by atoms with Gasteiger partial charge in [-0.25, -0.2) is 4.98 Å². The Labute approximate surface area is 183 Å². The molecule has 8 heteroatoms. The van der Waals surface area contributed by atoms with Crippen molar-refractivity contribution in [1.29, 1.82) is 0 Å². The van der Waals surface area contributed by atoms with Crippen LogP contribution in [-0.2, 0) is 9.53 Å². The molecule has 5 rings (SSSR count). The van der Waals surface area contributed by atoms with Crippen LogP contribution in [0.3, 0.4) is 0 Å². The molecule has 1 unspecified atom stereocenters. The number of amides is 2. The number of carbonyl (C=O) groups excluding carboxylic acids is 2. The number of carbonyl (C=O) groups is 2. The number of pyridine rings is 1. The number of hydrogen-bond donors (Lipinski definition) is 1. The lowest BCUT2D eigenvalue weighted by Gasteiger charge is -2.40. The van der Waals surface area contributed by atoms with E-state index in [1.54, 1.807) is 11.1 Å². The van der Waals surface area contributed by atoms with Crippen molar-refractivity contribution >= 4 is 23.3 Å². The molecule has 0 saturated carbocycles. The number of aromatic nitrogens is 1. The van der Waals surface area contributed by atoms with Crippen LogP contribution in [0.15, 0.2) is 12.3 Å². The minimum atomic E-state index is -0.00301. The maximum Gasteiger partial charge on any atom is 0.255 e. The van der Waals surface area contributed by atoms with Gasteiger partial charge in [0.1, 0.15) is 5.82 Å². The third-order valence-electron chi connectivity index (χ3n) is 7.18. The summed E-state index contributed by atoms with van der Waals surface area (Å²) >= 11 is 0. The van der Waals surface area contributed by atoms with E-state index in [9.17, 15) is 9.59 Å². The first kappa shape index (κ1) is 20.7. The van der Waals surface area contributed by atoms with Crippen molar-refractivity contribution < 1.29 is 14.3 Å². The number of nitrogens with one attached hydrogen (secondary N) is 1. The van der Waals surface area contributed by atoms with Crippen molar-refractivity contribution in [3.8, 4) is 0 Å². The number of anilines is 2. The summed E-state index contributed by atoms with van der Waals surface area (Å²) in [6.07, 6.45) is 9.72. The van der Waals surface area contributed by atoms with Gasteiger partial charge >= 0.3 is 0 Å². The molecule has 0 bridgehead atoms. The van der Waals surface area contributed by atoms with Crippen LogP contribution in [0.25, 0.3) is 0 Å². The van der Waals surface area contributed by atoms with Gasteiger partial charge in [0.15, 0.2) is 0 Å². The van der Waals surface area contributed by atoms with Crippen molar-refractivity contribution in [3.63, 3.8) is 0 Å². The second-order valence-electron chi connectivity index (χ2n) is 9.20. The molecule has 0 aliphatic carbocycles. The summed E-state index contributed by atoms with van der Waals surface area (Å²) in [5, 5.41) is 3.08. The summed E-state index contributed by atoms with van der Waals surface area (Å²) in [6, 6.07) is 2.44. The quantitative estimate of drug-likeness (QED) is 0.793. The molecular formula is C23H33N5O3. The van der Waals surface area contributed by atoms with Gasteiger partial charge < -0.3 is 24.8 Å². The Kier molecular flexibility index (Phi) is 6.09. The Balaban J connectivity index is 1.27. The second-order valence-corrected chi connectivity index (χ2v) is 9.20. The van der Waals surface area contributed by atoms with Crippen molar-refractivity contribution in [2.45, 2.75) is 57.1 Å². The SMILES string of the molecule is O=C(c1cnc2c(c1)N(CC1CCCO1)C(=O)CN2)N1CCC(N2CCCCC2)CC1. The predicted molar refractivity (Wildman–Crippen MR) is 118 cm³/mol. The molecule has 3 saturated heterocycles. The largest absolute Gasteiger partial charge is 0.376 e. The number of piperidine rings is 2. The molecule has 4 aliphatic heterocycles. The number of rotatable bonds is 4. The van der Waals surface area contributed by atoms with Crippen LogP contribution in [-0.4, -0.2) is 84.6 Å². The van der Waals surface area contributed by atoms with Crippen molar-refractivity contribution in [3.05, 3.63) is 17.8 Å². The van der Waals surface area contributed by atoms with E-state index < -0.39 is 0 Å². The smallest absolute Gasteiger partial charge is 0.255 e. The zero-order valence-corrected chi connectivity index (χ0v) is 18.2. The molecule has 1 aromatic heterocycles. The van der Waals surface area contributed by atoms with Crippen LogP contribution in [0.5, 0.6) is 0 Å². The first-order valence-electron chi connectivity index (χ1n) is 11.9. The highest BCUT2D eigenvalue weighted by atomic mass is 16.5. The van der Waals surface area contributed by atoms with Gasteiger partial charge in [-0.05, 0) is 57.7 Å². The van der Waals surface area contributed by atoms with Gasteiger partial charge in [-0.2, -0.15) is 0 Å². The van der Waals surface area contributed by atoms with Crippen LogP contribution >= 0.6 is 0 Å². The van der Waals surface area contributed by atoms with E-state index in [1.165, 1.54) is 32.4 Å². The topological polar surface area (TPSA) is 78.0 Å². The van der Waals surface area contributed by atoms with Crippen LogP contribution < -0.4 is 10.2 Å². The lowest BCUT2D eigenvalue weighted by Crippen LogP contribution is -2.48. The summed E-state index contributed by atoms with van der Waals surface area (Å²) in [5.74, 6) is 0.678. The molecule has 0 radical (unpaired) electrons. The Hall–Kier alpha value is -2.19. The molecule has 3 fully saturated rings. The average Bonchev–Trinajstić information content (AvgIpc) is 3.34. The van der Waals surface area contributed by atoms with E-state index in [1.807, 2.05) is 11.0 Å². The van der Waals surface area contributed by atoms with Gasteiger partial charge in [-0.3, -0.25) is 9.59 Å². The molecule has 168 valence electrons.